The maximum atomic E-state index is 11.2. The molecule has 0 unspecified atom stereocenters. The zero-order chi connectivity index (χ0) is 9.19. The van der Waals surface area contributed by atoms with Crippen LogP contribution in [0.15, 0.2) is 29.2 Å². The zero-order valence-electron chi connectivity index (χ0n) is 7.94. The van der Waals surface area contributed by atoms with Gasteiger partial charge in [0.2, 0.25) is 0 Å². The first-order valence-corrected chi connectivity index (χ1v) is 5.00. The summed E-state index contributed by atoms with van der Waals surface area (Å²) in [4.78, 5) is 0.0502. The maximum Gasteiger partial charge on any atom is 0.102 e. The molecule has 0 N–H and O–H groups in total. The fourth-order valence-corrected chi connectivity index (χ4v) is 1.94. The fourth-order valence-electron chi connectivity index (χ4n) is 0.752. The zero-order valence-corrected chi connectivity index (χ0v) is 12.3. The average Bonchev–Trinajstić information content (AvgIpc) is 2.05. The van der Waals surface area contributed by atoms with E-state index in [9.17, 15) is 8.42 Å². The Bertz CT molecular complexity index is 381. The van der Waals surface area contributed by atoms with Gasteiger partial charge >= 0.3 is 0 Å². The quantitative estimate of drug-likeness (QED) is 0.788. The van der Waals surface area contributed by atoms with Crippen LogP contribution in [0.1, 0.15) is 0 Å². The number of nitrogens with zero attached hydrogens (tertiary/aromatic N) is 1. The monoisotopic (exact) mass is 308 g/mol. The number of halogens is 1. The Kier molecular flexibility index (Phi) is 8.36. The molecule has 0 saturated carbocycles. The Labute approximate surface area is 115 Å². The van der Waals surface area contributed by atoms with Crippen molar-refractivity contribution in [3.8, 4) is 0 Å². The normalized spacial score (nSPS) is 9.86. The van der Waals surface area contributed by atoms with Crippen LogP contribution in [0.3, 0.4) is 0 Å². The smallest absolute Gasteiger partial charge is 0.102 e. The van der Waals surface area contributed by atoms with Crippen molar-refractivity contribution >= 4 is 21.6 Å². The van der Waals surface area contributed by atoms with Crippen LogP contribution in [0.25, 0.3) is 4.72 Å². The summed E-state index contributed by atoms with van der Waals surface area (Å²) in [5.74, 6) is 0. The minimum absolute atomic E-state index is 0. The van der Waals surface area contributed by atoms with Crippen LogP contribution in [-0.4, -0.2) is 15.5 Å². The predicted octanol–water partition coefficient (Wildman–Crippen LogP) is 2.48. The number of sulfonamides is 1. The molecule has 0 bridgehead atoms. The molecule has 0 saturated heterocycles. The molecule has 0 aromatic heterocycles. The van der Waals surface area contributed by atoms with Crippen molar-refractivity contribution in [1.82, 2.24) is 0 Å². The summed E-state index contributed by atoms with van der Waals surface area (Å²) >= 11 is 5.65. The Morgan fingerprint density at radius 2 is 1.79 bits per heavy atom. The standard InChI is InChI=1S/C7H7ClNO2S.CH3.Y/c1-9-12(10,11)7-5-3-2-4-6(7)8;;/h2-5H,1H3;1H3;/q2*-1;. The number of rotatable bonds is 2. The van der Waals surface area contributed by atoms with E-state index in [1.807, 2.05) is 0 Å². The largest absolute Gasteiger partial charge is 0.547 e. The summed E-state index contributed by atoms with van der Waals surface area (Å²) in [6.07, 6.45) is 0. The molecule has 0 heterocycles. The van der Waals surface area contributed by atoms with Crippen molar-refractivity contribution in [1.29, 1.82) is 0 Å². The van der Waals surface area contributed by atoms with E-state index in [2.05, 4.69) is 4.72 Å². The first-order chi connectivity index (χ1) is 5.58. The minimum atomic E-state index is -3.54. The molecule has 3 nitrogen and oxygen atoms in total. The van der Waals surface area contributed by atoms with Crippen LogP contribution in [-0.2, 0) is 42.7 Å². The van der Waals surface area contributed by atoms with Gasteiger partial charge in [-0.2, -0.15) is 7.05 Å². The molecule has 1 aromatic carbocycles. The molecule has 0 fully saturated rings. The van der Waals surface area contributed by atoms with Crippen LogP contribution in [0.5, 0.6) is 0 Å². The van der Waals surface area contributed by atoms with E-state index in [-0.39, 0.29) is 50.1 Å². The van der Waals surface area contributed by atoms with Crippen molar-refractivity contribution in [3.63, 3.8) is 0 Å². The Morgan fingerprint density at radius 3 is 2.21 bits per heavy atom. The van der Waals surface area contributed by atoms with E-state index in [4.69, 9.17) is 11.6 Å². The van der Waals surface area contributed by atoms with Gasteiger partial charge in [-0.1, -0.05) is 23.7 Å². The van der Waals surface area contributed by atoms with Gasteiger partial charge in [0.25, 0.3) is 0 Å². The van der Waals surface area contributed by atoms with Crippen molar-refractivity contribution in [2.45, 2.75) is 4.90 Å². The number of hydrogen-bond acceptors (Lipinski definition) is 2. The van der Waals surface area contributed by atoms with Crippen molar-refractivity contribution in [3.05, 3.63) is 41.4 Å². The molecule has 0 aliphatic rings. The van der Waals surface area contributed by atoms with Crippen LogP contribution >= 0.6 is 11.6 Å². The minimum Gasteiger partial charge on any atom is -0.547 e. The molecule has 77 valence electrons. The van der Waals surface area contributed by atoms with Gasteiger partial charge in [-0.25, -0.2) is 8.42 Å². The van der Waals surface area contributed by atoms with E-state index in [0.29, 0.717) is 0 Å². The van der Waals surface area contributed by atoms with Crippen molar-refractivity contribution in [2.24, 2.45) is 0 Å². The second-order valence-electron chi connectivity index (χ2n) is 2.09. The van der Waals surface area contributed by atoms with E-state index in [0.717, 1.165) is 0 Å². The molecular formula is C8H10ClNO2SY-2. The third-order valence-electron chi connectivity index (χ3n) is 1.35. The van der Waals surface area contributed by atoms with E-state index >= 15 is 0 Å². The van der Waals surface area contributed by atoms with Gasteiger partial charge in [-0.15, -0.1) is 0 Å². The molecule has 0 amide bonds. The molecule has 1 rings (SSSR count). The topological polar surface area (TPSA) is 48.2 Å². The Morgan fingerprint density at radius 1 is 1.29 bits per heavy atom. The van der Waals surface area contributed by atoms with Crippen molar-refractivity contribution < 1.29 is 41.1 Å². The maximum absolute atomic E-state index is 11.2. The SMILES string of the molecule is C[N-]S(=O)(=O)c1ccccc1Cl.[CH3-].[Y]. The van der Waals surface area contributed by atoms with E-state index in [1.54, 1.807) is 12.1 Å². The number of hydrogen-bond donors (Lipinski definition) is 0. The summed E-state index contributed by atoms with van der Waals surface area (Å²) in [5, 5.41) is 0.197. The molecule has 0 atom stereocenters. The summed E-state index contributed by atoms with van der Waals surface area (Å²) in [6.45, 7) is 0. The molecule has 6 heteroatoms. The Hall–Kier alpha value is 0.524. The molecule has 1 aromatic rings. The van der Waals surface area contributed by atoms with Crippen LogP contribution in [0, 0.1) is 7.43 Å². The van der Waals surface area contributed by atoms with Crippen LogP contribution < -0.4 is 0 Å². The third kappa shape index (κ3) is 3.95. The van der Waals surface area contributed by atoms with Gasteiger partial charge in [0, 0.05) is 32.7 Å². The Balaban J connectivity index is 0. The summed E-state index contributed by atoms with van der Waals surface area (Å²) in [7, 11) is -2.31. The van der Waals surface area contributed by atoms with Gasteiger partial charge in [0.1, 0.15) is 10.0 Å². The van der Waals surface area contributed by atoms with E-state index in [1.165, 1.54) is 19.2 Å². The first-order valence-electron chi connectivity index (χ1n) is 3.18. The second-order valence-corrected chi connectivity index (χ2v) is 4.25. The summed E-state index contributed by atoms with van der Waals surface area (Å²) < 4.78 is 25.6. The average molecular weight is 309 g/mol. The molecule has 1 radical (unpaired) electrons. The van der Waals surface area contributed by atoms with E-state index < -0.39 is 10.0 Å². The van der Waals surface area contributed by atoms with Gasteiger partial charge in [0.05, 0.1) is 9.92 Å². The predicted molar refractivity (Wildman–Crippen MR) is 54.3 cm³/mol. The van der Waals surface area contributed by atoms with Crippen LogP contribution in [0.4, 0.5) is 0 Å². The third-order valence-corrected chi connectivity index (χ3v) is 3.19. The van der Waals surface area contributed by atoms with Gasteiger partial charge in [0.15, 0.2) is 0 Å². The molecule has 0 spiro atoms. The van der Waals surface area contributed by atoms with Gasteiger partial charge < -0.3 is 12.1 Å². The summed E-state index contributed by atoms with van der Waals surface area (Å²) in [6, 6.07) is 6.20. The van der Waals surface area contributed by atoms with Crippen molar-refractivity contribution in [2.75, 3.05) is 7.05 Å². The molecular weight excluding hydrogens is 299 g/mol. The first kappa shape index (κ1) is 16.9. The molecule has 14 heavy (non-hydrogen) atoms. The number of benzene rings is 1. The fraction of sp³-hybridized carbons (Fsp3) is 0.125. The van der Waals surface area contributed by atoms with Crippen LogP contribution in [0.2, 0.25) is 5.02 Å². The second kappa shape index (κ2) is 6.91. The molecule has 0 aliphatic carbocycles. The molecule has 0 aliphatic heterocycles. The van der Waals surface area contributed by atoms with Gasteiger partial charge in [-0.05, 0) is 12.1 Å². The summed E-state index contributed by atoms with van der Waals surface area (Å²) in [5.41, 5.74) is 0. The van der Waals surface area contributed by atoms with Gasteiger partial charge in [-0.3, -0.25) is 0 Å².